The van der Waals surface area contributed by atoms with Crippen molar-refractivity contribution >= 4 is 26.7 Å². The van der Waals surface area contributed by atoms with Crippen LogP contribution in [0.15, 0.2) is 18.2 Å². The van der Waals surface area contributed by atoms with Crippen LogP contribution in [0, 0.1) is 0 Å². The molecule has 0 bridgehead atoms. The van der Waals surface area contributed by atoms with E-state index in [0.717, 1.165) is 54.7 Å². The van der Waals surface area contributed by atoms with Gasteiger partial charge >= 0.3 is 6.18 Å². The molecule has 0 saturated carbocycles. The second kappa shape index (κ2) is 7.56. The second-order valence-electron chi connectivity index (χ2n) is 7.59. The zero-order chi connectivity index (χ0) is 19.0. The number of rotatable bonds is 3. The zero-order valence-corrected chi connectivity index (χ0v) is 16.3. The summed E-state index contributed by atoms with van der Waals surface area (Å²) < 4.78 is 39.5. The average Bonchev–Trinajstić information content (AvgIpc) is 3.07. The number of thiazole rings is 1. The molecule has 2 aliphatic heterocycles. The first-order chi connectivity index (χ1) is 12.9. The molecule has 148 valence electrons. The van der Waals surface area contributed by atoms with Gasteiger partial charge in [0, 0.05) is 38.8 Å². The minimum atomic E-state index is -4.32. The molecule has 4 nitrogen and oxygen atoms in total. The van der Waals surface area contributed by atoms with Crippen LogP contribution >= 0.6 is 11.3 Å². The molecule has 27 heavy (non-hydrogen) atoms. The first-order valence-electron chi connectivity index (χ1n) is 9.55. The first kappa shape index (κ1) is 19.0. The van der Waals surface area contributed by atoms with Gasteiger partial charge in [-0.1, -0.05) is 17.8 Å². The summed E-state index contributed by atoms with van der Waals surface area (Å²) >= 11 is 1.48. The minimum Gasteiger partial charge on any atom is -0.345 e. The lowest BCUT2D eigenvalue weighted by Crippen LogP contribution is -2.51. The van der Waals surface area contributed by atoms with Crippen molar-refractivity contribution in [3.8, 4) is 0 Å². The maximum atomic E-state index is 12.9. The fourth-order valence-corrected chi connectivity index (χ4v) is 5.02. The fraction of sp³-hybridized carbons (Fsp3) is 0.632. The lowest BCUT2D eigenvalue weighted by atomic mass is 10.0. The van der Waals surface area contributed by atoms with Crippen molar-refractivity contribution in [3.05, 3.63) is 23.8 Å². The van der Waals surface area contributed by atoms with Crippen LogP contribution in [0.5, 0.6) is 0 Å². The van der Waals surface area contributed by atoms with Gasteiger partial charge in [0.15, 0.2) is 5.13 Å². The molecule has 2 aromatic rings. The Morgan fingerprint density at radius 2 is 1.89 bits per heavy atom. The van der Waals surface area contributed by atoms with Crippen molar-refractivity contribution in [2.45, 2.75) is 31.5 Å². The zero-order valence-electron chi connectivity index (χ0n) is 15.5. The Labute approximate surface area is 161 Å². The van der Waals surface area contributed by atoms with Crippen LogP contribution in [0.25, 0.3) is 10.2 Å². The number of aromatic nitrogens is 1. The standard InChI is InChI=1S/C19H25F3N4S/c1-24-7-3-2-4-15(24)13-25-8-10-26(11-9-25)18-23-16-12-14(19(20,21)22)5-6-17(16)27-18/h5-6,12,15H,2-4,7-11,13H2,1H3. The molecule has 1 atom stereocenters. The number of halogens is 3. The van der Waals surface area contributed by atoms with Crippen molar-refractivity contribution in [2.24, 2.45) is 0 Å². The summed E-state index contributed by atoms with van der Waals surface area (Å²) in [7, 11) is 2.22. The van der Waals surface area contributed by atoms with E-state index in [1.807, 2.05) is 0 Å². The van der Waals surface area contributed by atoms with Gasteiger partial charge in [0.05, 0.1) is 15.8 Å². The molecular weight excluding hydrogens is 373 g/mol. The smallest absolute Gasteiger partial charge is 0.345 e. The fourth-order valence-electron chi connectivity index (χ4n) is 4.02. The molecule has 2 saturated heterocycles. The number of piperazine rings is 1. The third kappa shape index (κ3) is 4.22. The van der Waals surface area contributed by atoms with E-state index in [4.69, 9.17) is 0 Å². The van der Waals surface area contributed by atoms with Crippen molar-refractivity contribution < 1.29 is 13.2 Å². The second-order valence-corrected chi connectivity index (χ2v) is 8.60. The summed E-state index contributed by atoms with van der Waals surface area (Å²) in [6.07, 6.45) is -0.430. The predicted octanol–water partition coefficient (Wildman–Crippen LogP) is 3.92. The van der Waals surface area contributed by atoms with E-state index in [1.54, 1.807) is 0 Å². The number of nitrogens with zero attached hydrogens (tertiary/aromatic N) is 4. The summed E-state index contributed by atoms with van der Waals surface area (Å²) in [5.74, 6) is 0. The lowest BCUT2D eigenvalue weighted by Gasteiger charge is -2.40. The third-order valence-corrected chi connectivity index (χ3v) is 6.83. The highest BCUT2D eigenvalue weighted by atomic mass is 32.1. The minimum absolute atomic E-state index is 0.441. The summed E-state index contributed by atoms with van der Waals surface area (Å²) in [5, 5.41) is 0.832. The molecule has 0 amide bonds. The molecule has 2 aliphatic rings. The van der Waals surface area contributed by atoms with Crippen molar-refractivity contribution in [1.82, 2.24) is 14.8 Å². The van der Waals surface area contributed by atoms with E-state index in [0.29, 0.717) is 11.6 Å². The van der Waals surface area contributed by atoms with Gasteiger partial charge in [-0.2, -0.15) is 13.2 Å². The van der Waals surface area contributed by atoms with E-state index in [1.165, 1.54) is 43.2 Å². The molecule has 2 fully saturated rings. The van der Waals surface area contributed by atoms with E-state index in [-0.39, 0.29) is 0 Å². The highest BCUT2D eigenvalue weighted by molar-refractivity contribution is 7.22. The topological polar surface area (TPSA) is 22.6 Å². The molecule has 0 radical (unpaired) electrons. The Morgan fingerprint density at radius 3 is 2.59 bits per heavy atom. The maximum Gasteiger partial charge on any atom is 0.416 e. The molecule has 4 rings (SSSR count). The first-order valence-corrected chi connectivity index (χ1v) is 10.4. The van der Waals surface area contributed by atoms with Crippen molar-refractivity contribution in [3.63, 3.8) is 0 Å². The Hall–Kier alpha value is -1.38. The van der Waals surface area contributed by atoms with Crippen LogP contribution in [0.1, 0.15) is 24.8 Å². The van der Waals surface area contributed by atoms with Crippen LogP contribution in [0.2, 0.25) is 0 Å². The molecule has 1 aromatic heterocycles. The Balaban J connectivity index is 1.39. The van der Waals surface area contributed by atoms with Crippen molar-refractivity contribution in [1.29, 1.82) is 0 Å². The Bertz CT molecular complexity index is 783. The molecule has 8 heteroatoms. The summed E-state index contributed by atoms with van der Waals surface area (Å²) in [4.78, 5) is 11.7. The average molecular weight is 398 g/mol. The van der Waals surface area contributed by atoms with Gasteiger partial charge in [0.1, 0.15) is 0 Å². The number of alkyl halides is 3. The number of piperidine rings is 1. The van der Waals surface area contributed by atoms with Crippen LogP contribution in [0.4, 0.5) is 18.3 Å². The van der Waals surface area contributed by atoms with Gasteiger partial charge in [0.2, 0.25) is 0 Å². The highest BCUT2D eigenvalue weighted by Gasteiger charge is 2.31. The van der Waals surface area contributed by atoms with Gasteiger partial charge in [0.25, 0.3) is 0 Å². The van der Waals surface area contributed by atoms with Gasteiger partial charge in [-0.05, 0) is 44.6 Å². The van der Waals surface area contributed by atoms with E-state index >= 15 is 0 Å². The van der Waals surface area contributed by atoms with E-state index in [9.17, 15) is 13.2 Å². The van der Waals surface area contributed by atoms with E-state index < -0.39 is 11.7 Å². The number of hydrogen-bond donors (Lipinski definition) is 0. The molecule has 1 unspecified atom stereocenters. The third-order valence-electron chi connectivity index (χ3n) is 5.74. The van der Waals surface area contributed by atoms with Gasteiger partial charge in [-0.15, -0.1) is 0 Å². The van der Waals surface area contributed by atoms with Crippen LogP contribution < -0.4 is 4.90 Å². The van der Waals surface area contributed by atoms with Crippen molar-refractivity contribution in [2.75, 3.05) is 51.2 Å². The molecule has 3 heterocycles. The summed E-state index contributed by atoms with van der Waals surface area (Å²) in [6.45, 7) is 6.02. The maximum absolute atomic E-state index is 12.9. The number of benzene rings is 1. The number of anilines is 1. The van der Waals surface area contributed by atoms with Gasteiger partial charge in [-0.3, -0.25) is 4.90 Å². The summed E-state index contributed by atoms with van der Waals surface area (Å²) in [6, 6.07) is 4.48. The predicted molar refractivity (Wildman–Crippen MR) is 104 cm³/mol. The normalized spacial score (nSPS) is 23.3. The quantitative estimate of drug-likeness (QED) is 0.782. The number of likely N-dealkylation sites (tertiary alicyclic amines) is 1. The molecule has 0 spiro atoms. The molecule has 1 aromatic carbocycles. The Morgan fingerprint density at radius 1 is 1.11 bits per heavy atom. The monoisotopic (exact) mass is 398 g/mol. The van der Waals surface area contributed by atoms with Crippen LogP contribution in [-0.2, 0) is 6.18 Å². The van der Waals surface area contributed by atoms with E-state index in [2.05, 4.69) is 26.7 Å². The van der Waals surface area contributed by atoms with Crippen LogP contribution in [0.3, 0.4) is 0 Å². The van der Waals surface area contributed by atoms with Crippen LogP contribution in [-0.4, -0.2) is 67.1 Å². The van der Waals surface area contributed by atoms with Gasteiger partial charge < -0.3 is 9.80 Å². The highest BCUT2D eigenvalue weighted by Crippen LogP contribution is 2.35. The van der Waals surface area contributed by atoms with Gasteiger partial charge in [-0.25, -0.2) is 4.98 Å². The molecule has 0 N–H and O–H groups in total. The SMILES string of the molecule is CN1CCCCC1CN1CCN(c2nc3cc(C(F)(F)F)ccc3s2)CC1. The largest absolute Gasteiger partial charge is 0.416 e. The number of fused-ring (bicyclic) bond motifs is 1. The lowest BCUT2D eigenvalue weighted by molar-refractivity contribution is -0.137. The molecule has 0 aliphatic carbocycles. The molecular formula is C19H25F3N4S. The summed E-state index contributed by atoms with van der Waals surface area (Å²) in [5.41, 5.74) is -0.190. The number of hydrogen-bond acceptors (Lipinski definition) is 5. The Kier molecular flexibility index (Phi) is 5.31. The number of likely N-dealkylation sites (N-methyl/N-ethyl adjacent to an activating group) is 1.